The minimum Gasteiger partial charge on any atom is -0.487 e. The smallest absolute Gasteiger partial charge is 0.163 e. The van der Waals surface area contributed by atoms with Crippen LogP contribution in [-0.2, 0) is 4.84 Å². The molecule has 0 fully saturated rings. The van der Waals surface area contributed by atoms with Gasteiger partial charge in [-0.25, -0.2) is 0 Å². The average molecular weight is 254 g/mol. The zero-order valence-electron chi connectivity index (χ0n) is 9.40. The van der Waals surface area contributed by atoms with Crippen LogP contribution in [0.25, 0.3) is 0 Å². The molecule has 17 heavy (non-hydrogen) atoms. The highest BCUT2D eigenvalue weighted by atomic mass is 35.5. The van der Waals surface area contributed by atoms with Gasteiger partial charge < -0.3 is 9.57 Å². The van der Waals surface area contributed by atoms with E-state index >= 15 is 0 Å². The van der Waals surface area contributed by atoms with Crippen LogP contribution in [-0.4, -0.2) is 24.7 Å². The normalized spacial score (nSPS) is 14.1. The molecule has 2 rings (SSSR count). The van der Waals surface area contributed by atoms with Gasteiger partial charge in [0.05, 0.1) is 11.3 Å². The van der Waals surface area contributed by atoms with Crippen molar-refractivity contribution >= 4 is 23.1 Å². The Morgan fingerprint density at radius 1 is 1.59 bits per heavy atom. The summed E-state index contributed by atoms with van der Waals surface area (Å²) in [4.78, 5) is 16.3. The molecule has 0 saturated carbocycles. The van der Waals surface area contributed by atoms with E-state index in [1.54, 1.807) is 18.2 Å². The summed E-state index contributed by atoms with van der Waals surface area (Å²) >= 11 is 5.87. The number of carbonyl (C=O) groups excluding carboxylic acids is 1. The van der Waals surface area contributed by atoms with E-state index in [0.717, 1.165) is 12.1 Å². The summed E-state index contributed by atoms with van der Waals surface area (Å²) in [5.41, 5.74) is 1.35. The third-order valence-electron chi connectivity index (χ3n) is 2.39. The van der Waals surface area contributed by atoms with Crippen molar-refractivity contribution in [1.82, 2.24) is 0 Å². The molecular formula is C12H12ClNO3. The van der Waals surface area contributed by atoms with Gasteiger partial charge in [0.25, 0.3) is 0 Å². The molecule has 0 bridgehead atoms. The summed E-state index contributed by atoms with van der Waals surface area (Å²) in [7, 11) is 0. The predicted molar refractivity (Wildman–Crippen MR) is 65.0 cm³/mol. The van der Waals surface area contributed by atoms with E-state index in [1.165, 1.54) is 6.92 Å². The van der Waals surface area contributed by atoms with Crippen molar-refractivity contribution in [2.45, 2.75) is 13.3 Å². The van der Waals surface area contributed by atoms with Gasteiger partial charge in [0.1, 0.15) is 19.0 Å². The Morgan fingerprint density at radius 2 is 2.41 bits per heavy atom. The van der Waals surface area contributed by atoms with Gasteiger partial charge in [-0.1, -0.05) is 16.8 Å². The Kier molecular flexibility index (Phi) is 3.64. The van der Waals surface area contributed by atoms with Crippen LogP contribution in [0, 0.1) is 0 Å². The Bertz CT molecular complexity index is 471. The van der Waals surface area contributed by atoms with E-state index in [1.807, 2.05) is 0 Å². The number of Topliss-reactive ketones (excluding diaryl/α,β-unsaturated/α-hetero) is 1. The third kappa shape index (κ3) is 2.97. The Balaban J connectivity index is 2.12. The molecule has 0 unspecified atom stereocenters. The molecule has 1 aliphatic heterocycles. The van der Waals surface area contributed by atoms with Gasteiger partial charge in [0.2, 0.25) is 0 Å². The molecule has 0 amide bonds. The van der Waals surface area contributed by atoms with E-state index < -0.39 is 0 Å². The SMILES string of the molecule is CC(=O)c1ccc(Cl)cc1OCC1=NOCC1. The fourth-order valence-corrected chi connectivity index (χ4v) is 1.67. The maximum absolute atomic E-state index is 11.4. The number of nitrogens with zero attached hydrogens (tertiary/aromatic N) is 1. The van der Waals surface area contributed by atoms with Gasteiger partial charge in [0, 0.05) is 11.4 Å². The molecule has 0 radical (unpaired) electrons. The molecule has 1 heterocycles. The molecule has 0 spiro atoms. The second-order valence-corrected chi connectivity index (χ2v) is 4.16. The van der Waals surface area contributed by atoms with Gasteiger partial charge in [-0.15, -0.1) is 0 Å². The first-order chi connectivity index (χ1) is 8.16. The van der Waals surface area contributed by atoms with Crippen LogP contribution in [0.3, 0.4) is 0 Å². The van der Waals surface area contributed by atoms with Crippen LogP contribution in [0.1, 0.15) is 23.7 Å². The molecule has 5 heteroatoms. The summed E-state index contributed by atoms with van der Waals surface area (Å²) < 4.78 is 5.55. The first-order valence-corrected chi connectivity index (χ1v) is 5.65. The lowest BCUT2D eigenvalue weighted by molar-refractivity contribution is 0.101. The first-order valence-electron chi connectivity index (χ1n) is 5.28. The van der Waals surface area contributed by atoms with Gasteiger partial charge in [0.15, 0.2) is 5.78 Å². The lowest BCUT2D eigenvalue weighted by Crippen LogP contribution is -2.11. The number of halogens is 1. The van der Waals surface area contributed by atoms with Crippen molar-refractivity contribution in [2.75, 3.05) is 13.2 Å². The maximum atomic E-state index is 11.4. The molecule has 90 valence electrons. The van der Waals surface area contributed by atoms with Crippen molar-refractivity contribution in [3.63, 3.8) is 0 Å². The standard InChI is InChI=1S/C12H12ClNO3/c1-8(15)11-3-2-9(13)6-12(11)16-7-10-4-5-17-14-10/h2-3,6H,4-5,7H2,1H3. The van der Waals surface area contributed by atoms with Crippen molar-refractivity contribution in [2.24, 2.45) is 5.16 Å². The summed E-state index contributed by atoms with van der Waals surface area (Å²) in [6, 6.07) is 4.96. The minimum atomic E-state index is -0.0544. The molecule has 0 saturated heterocycles. The number of hydrogen-bond acceptors (Lipinski definition) is 4. The van der Waals surface area contributed by atoms with E-state index in [9.17, 15) is 4.79 Å². The van der Waals surface area contributed by atoms with E-state index in [4.69, 9.17) is 21.2 Å². The number of hydrogen-bond donors (Lipinski definition) is 0. The second kappa shape index (κ2) is 5.19. The third-order valence-corrected chi connectivity index (χ3v) is 2.63. The summed E-state index contributed by atoms with van der Waals surface area (Å²) in [5, 5.41) is 4.36. The zero-order valence-corrected chi connectivity index (χ0v) is 10.2. The Labute approximate surface area is 104 Å². The van der Waals surface area contributed by atoms with Gasteiger partial charge in [-0.3, -0.25) is 4.79 Å². The lowest BCUT2D eigenvalue weighted by atomic mass is 10.1. The molecule has 0 aromatic heterocycles. The van der Waals surface area contributed by atoms with Crippen molar-refractivity contribution < 1.29 is 14.4 Å². The van der Waals surface area contributed by atoms with Crippen molar-refractivity contribution in [1.29, 1.82) is 0 Å². The fourth-order valence-electron chi connectivity index (χ4n) is 1.51. The van der Waals surface area contributed by atoms with Crippen LogP contribution < -0.4 is 4.74 Å². The number of benzene rings is 1. The molecule has 0 atom stereocenters. The van der Waals surface area contributed by atoms with E-state index in [0.29, 0.717) is 29.5 Å². The largest absolute Gasteiger partial charge is 0.487 e. The number of rotatable bonds is 4. The minimum absolute atomic E-state index is 0.0544. The summed E-state index contributed by atoms with van der Waals surface area (Å²) in [6.45, 7) is 2.40. The average Bonchev–Trinajstić information content (AvgIpc) is 2.78. The molecule has 1 aromatic carbocycles. The lowest BCUT2D eigenvalue weighted by Gasteiger charge is -2.09. The van der Waals surface area contributed by atoms with Crippen LogP contribution >= 0.6 is 11.6 Å². The maximum Gasteiger partial charge on any atom is 0.163 e. The number of carbonyl (C=O) groups is 1. The van der Waals surface area contributed by atoms with Crippen molar-refractivity contribution in [3.8, 4) is 5.75 Å². The monoisotopic (exact) mass is 253 g/mol. The highest BCUT2D eigenvalue weighted by molar-refractivity contribution is 6.30. The fraction of sp³-hybridized carbons (Fsp3) is 0.333. The Morgan fingerprint density at radius 3 is 3.06 bits per heavy atom. The number of oxime groups is 1. The van der Waals surface area contributed by atoms with E-state index in [2.05, 4.69) is 5.16 Å². The molecule has 0 aliphatic carbocycles. The number of ether oxygens (including phenoxy) is 1. The highest BCUT2D eigenvalue weighted by Gasteiger charge is 2.12. The van der Waals surface area contributed by atoms with Crippen LogP contribution in [0.15, 0.2) is 23.4 Å². The molecule has 1 aliphatic rings. The summed E-state index contributed by atoms with van der Waals surface area (Å²) in [6.07, 6.45) is 0.760. The highest BCUT2D eigenvalue weighted by Crippen LogP contribution is 2.24. The van der Waals surface area contributed by atoms with Gasteiger partial charge in [-0.05, 0) is 25.1 Å². The summed E-state index contributed by atoms with van der Waals surface area (Å²) in [5.74, 6) is 0.431. The van der Waals surface area contributed by atoms with Gasteiger partial charge in [-0.2, -0.15) is 0 Å². The van der Waals surface area contributed by atoms with Crippen molar-refractivity contribution in [3.05, 3.63) is 28.8 Å². The molecule has 0 N–H and O–H groups in total. The molecule has 4 nitrogen and oxygen atoms in total. The Hall–Kier alpha value is -1.55. The second-order valence-electron chi connectivity index (χ2n) is 3.73. The number of ketones is 1. The molecular weight excluding hydrogens is 242 g/mol. The van der Waals surface area contributed by atoms with Crippen LogP contribution in [0.4, 0.5) is 0 Å². The van der Waals surface area contributed by atoms with Gasteiger partial charge >= 0.3 is 0 Å². The zero-order chi connectivity index (χ0) is 12.3. The predicted octanol–water partition coefficient (Wildman–Crippen LogP) is 2.70. The quantitative estimate of drug-likeness (QED) is 0.775. The van der Waals surface area contributed by atoms with Crippen LogP contribution in [0.2, 0.25) is 5.02 Å². The van der Waals surface area contributed by atoms with Crippen LogP contribution in [0.5, 0.6) is 5.75 Å². The molecule has 1 aromatic rings. The van der Waals surface area contributed by atoms with E-state index in [-0.39, 0.29) is 5.78 Å². The first kappa shape index (κ1) is 11.9. The topological polar surface area (TPSA) is 47.9 Å².